The van der Waals surface area contributed by atoms with Gasteiger partial charge >= 0.3 is 0 Å². The number of hydrogen-bond donors (Lipinski definition) is 2. The minimum atomic E-state index is -0.0119. The smallest absolute Gasteiger partial charge is 0.236 e. The van der Waals surface area contributed by atoms with E-state index in [4.69, 9.17) is 5.73 Å². The number of aromatic nitrogens is 3. The van der Waals surface area contributed by atoms with Crippen molar-refractivity contribution in [3.8, 4) is 0 Å². The van der Waals surface area contributed by atoms with Gasteiger partial charge in [-0.25, -0.2) is 4.98 Å². The van der Waals surface area contributed by atoms with Gasteiger partial charge in [-0.3, -0.25) is 9.36 Å². The summed E-state index contributed by atoms with van der Waals surface area (Å²) in [7, 11) is 0. The lowest BCUT2D eigenvalue weighted by atomic mass is 10.1. The first-order chi connectivity index (χ1) is 10.7. The molecule has 0 amide bonds. The zero-order chi connectivity index (χ0) is 15.1. The number of nitrogens with zero attached hydrogens (tertiary/aromatic N) is 2. The average molecular weight is 290 g/mol. The van der Waals surface area contributed by atoms with Gasteiger partial charge in [-0.1, -0.05) is 6.07 Å². The highest BCUT2D eigenvalue weighted by molar-refractivity contribution is 5.92. The van der Waals surface area contributed by atoms with E-state index in [0.29, 0.717) is 12.1 Å². The SMILES string of the molecule is Nc1ccc2c(c1)ncn2C(=O)Cc1ccc2[nH]ccc2c1. The lowest BCUT2D eigenvalue weighted by Crippen LogP contribution is -2.12. The predicted molar refractivity (Wildman–Crippen MR) is 86.8 cm³/mol. The fraction of sp³-hybridized carbons (Fsp3) is 0.0588. The molecule has 0 aliphatic rings. The van der Waals surface area contributed by atoms with Crippen LogP contribution in [0.1, 0.15) is 10.4 Å². The Morgan fingerprint density at radius 1 is 1.18 bits per heavy atom. The Bertz CT molecular complexity index is 996. The Balaban J connectivity index is 1.68. The summed E-state index contributed by atoms with van der Waals surface area (Å²) in [6, 6.07) is 13.4. The number of imidazole rings is 1. The average Bonchev–Trinajstić information content (AvgIpc) is 3.12. The maximum absolute atomic E-state index is 12.5. The molecule has 0 saturated carbocycles. The molecule has 2 heterocycles. The van der Waals surface area contributed by atoms with Crippen LogP contribution in [-0.4, -0.2) is 20.4 Å². The topological polar surface area (TPSA) is 76.7 Å². The second-order valence-corrected chi connectivity index (χ2v) is 5.33. The van der Waals surface area contributed by atoms with Crippen LogP contribution in [0.15, 0.2) is 55.0 Å². The number of carbonyl (C=O) groups is 1. The van der Waals surface area contributed by atoms with Gasteiger partial charge in [0.2, 0.25) is 5.91 Å². The lowest BCUT2D eigenvalue weighted by molar-refractivity contribution is 0.0919. The molecule has 0 unspecified atom stereocenters. The fourth-order valence-electron chi connectivity index (χ4n) is 2.70. The van der Waals surface area contributed by atoms with Crippen molar-refractivity contribution in [3.05, 3.63) is 60.6 Å². The molecule has 22 heavy (non-hydrogen) atoms. The van der Waals surface area contributed by atoms with Crippen LogP contribution in [0.4, 0.5) is 5.69 Å². The van der Waals surface area contributed by atoms with Gasteiger partial charge in [-0.2, -0.15) is 0 Å². The molecule has 0 bridgehead atoms. The van der Waals surface area contributed by atoms with Crippen LogP contribution in [0.5, 0.6) is 0 Å². The zero-order valence-corrected chi connectivity index (χ0v) is 11.8. The summed E-state index contributed by atoms with van der Waals surface area (Å²) in [6.45, 7) is 0. The monoisotopic (exact) mass is 290 g/mol. The normalized spacial score (nSPS) is 11.3. The van der Waals surface area contributed by atoms with Gasteiger partial charge in [-0.05, 0) is 47.3 Å². The lowest BCUT2D eigenvalue weighted by Gasteiger charge is -2.04. The van der Waals surface area contributed by atoms with E-state index in [-0.39, 0.29) is 5.91 Å². The quantitative estimate of drug-likeness (QED) is 0.557. The number of fused-ring (bicyclic) bond motifs is 2. The van der Waals surface area contributed by atoms with E-state index in [1.54, 1.807) is 23.0 Å². The predicted octanol–water partition coefficient (Wildman–Crippen LogP) is 2.98. The molecule has 0 saturated heterocycles. The third-order valence-electron chi connectivity index (χ3n) is 3.81. The molecule has 2 aromatic carbocycles. The Morgan fingerprint density at radius 3 is 3.00 bits per heavy atom. The van der Waals surface area contributed by atoms with Crippen molar-refractivity contribution in [2.45, 2.75) is 6.42 Å². The van der Waals surface area contributed by atoms with Gasteiger partial charge in [0, 0.05) is 17.4 Å². The van der Waals surface area contributed by atoms with Crippen molar-refractivity contribution >= 4 is 33.5 Å². The van der Waals surface area contributed by atoms with Crippen molar-refractivity contribution in [1.29, 1.82) is 0 Å². The number of aromatic amines is 1. The van der Waals surface area contributed by atoms with Crippen molar-refractivity contribution in [2.24, 2.45) is 0 Å². The molecule has 3 N–H and O–H groups in total. The van der Waals surface area contributed by atoms with E-state index in [1.165, 1.54) is 0 Å². The number of anilines is 1. The molecule has 108 valence electrons. The summed E-state index contributed by atoms with van der Waals surface area (Å²) < 4.78 is 1.58. The molecule has 0 spiro atoms. The molecule has 4 aromatic rings. The van der Waals surface area contributed by atoms with Crippen LogP contribution in [0, 0.1) is 0 Å². The number of nitrogen functional groups attached to an aromatic ring is 1. The number of nitrogens with one attached hydrogen (secondary N) is 1. The van der Waals surface area contributed by atoms with Crippen molar-refractivity contribution < 1.29 is 4.79 Å². The van der Waals surface area contributed by atoms with E-state index < -0.39 is 0 Å². The molecule has 0 aliphatic heterocycles. The first kappa shape index (κ1) is 12.6. The Labute approximate surface area is 126 Å². The Kier molecular flexibility index (Phi) is 2.72. The highest BCUT2D eigenvalue weighted by atomic mass is 16.2. The Morgan fingerprint density at radius 2 is 2.09 bits per heavy atom. The van der Waals surface area contributed by atoms with Crippen LogP contribution in [0.3, 0.4) is 0 Å². The number of benzene rings is 2. The third kappa shape index (κ3) is 2.03. The summed E-state index contributed by atoms with van der Waals surface area (Å²) in [5, 5.41) is 1.11. The van der Waals surface area contributed by atoms with Crippen molar-refractivity contribution in [2.75, 3.05) is 5.73 Å². The highest BCUT2D eigenvalue weighted by Gasteiger charge is 2.11. The third-order valence-corrected chi connectivity index (χ3v) is 3.81. The van der Waals surface area contributed by atoms with Crippen molar-refractivity contribution in [3.63, 3.8) is 0 Å². The summed E-state index contributed by atoms with van der Waals surface area (Å²) in [5.41, 5.74) is 9.94. The van der Waals surface area contributed by atoms with Crippen LogP contribution in [0.2, 0.25) is 0 Å². The molecule has 0 aliphatic carbocycles. The zero-order valence-electron chi connectivity index (χ0n) is 11.8. The summed E-state index contributed by atoms with van der Waals surface area (Å²) in [6.07, 6.45) is 3.78. The molecule has 0 atom stereocenters. The second-order valence-electron chi connectivity index (χ2n) is 5.33. The molecule has 2 aromatic heterocycles. The van der Waals surface area contributed by atoms with E-state index in [0.717, 1.165) is 27.5 Å². The van der Waals surface area contributed by atoms with E-state index in [1.807, 2.05) is 36.5 Å². The molecule has 0 radical (unpaired) electrons. The summed E-state index contributed by atoms with van der Waals surface area (Å²) >= 11 is 0. The standard InChI is InChI=1S/C17H14N4O/c18-13-2-4-16-15(9-13)20-10-21(16)17(22)8-11-1-3-14-12(7-11)5-6-19-14/h1-7,9-10,19H,8,18H2. The van der Waals surface area contributed by atoms with E-state index in [2.05, 4.69) is 9.97 Å². The van der Waals surface area contributed by atoms with Gasteiger partial charge in [0.15, 0.2) is 0 Å². The van der Waals surface area contributed by atoms with Crippen LogP contribution in [-0.2, 0) is 6.42 Å². The van der Waals surface area contributed by atoms with Gasteiger partial charge < -0.3 is 10.7 Å². The largest absolute Gasteiger partial charge is 0.399 e. The number of rotatable bonds is 2. The van der Waals surface area contributed by atoms with E-state index in [9.17, 15) is 4.79 Å². The summed E-state index contributed by atoms with van der Waals surface area (Å²) in [5.74, 6) is -0.0119. The van der Waals surface area contributed by atoms with Gasteiger partial charge in [0.25, 0.3) is 0 Å². The van der Waals surface area contributed by atoms with Gasteiger partial charge in [0.1, 0.15) is 6.33 Å². The van der Waals surface area contributed by atoms with E-state index >= 15 is 0 Å². The van der Waals surface area contributed by atoms with Crippen LogP contribution in [0.25, 0.3) is 21.9 Å². The van der Waals surface area contributed by atoms with Crippen LogP contribution >= 0.6 is 0 Å². The molecule has 4 rings (SSSR count). The number of H-pyrrole nitrogens is 1. The van der Waals surface area contributed by atoms with Gasteiger partial charge in [0.05, 0.1) is 17.5 Å². The highest BCUT2D eigenvalue weighted by Crippen LogP contribution is 2.18. The molecule has 5 heteroatoms. The minimum Gasteiger partial charge on any atom is -0.399 e. The fourth-order valence-corrected chi connectivity index (χ4v) is 2.70. The second kappa shape index (κ2) is 4.73. The molecule has 0 fully saturated rings. The number of nitrogens with two attached hydrogens (primary N) is 1. The number of hydrogen-bond acceptors (Lipinski definition) is 3. The minimum absolute atomic E-state index is 0.0119. The van der Waals surface area contributed by atoms with Crippen molar-refractivity contribution in [1.82, 2.24) is 14.5 Å². The first-order valence-electron chi connectivity index (χ1n) is 7.02. The number of carbonyl (C=O) groups excluding carboxylic acids is 1. The maximum Gasteiger partial charge on any atom is 0.236 e. The van der Waals surface area contributed by atoms with Gasteiger partial charge in [-0.15, -0.1) is 0 Å². The van der Waals surface area contributed by atoms with Crippen LogP contribution < -0.4 is 5.73 Å². The molecular formula is C17H14N4O. The Hall–Kier alpha value is -3.08. The molecular weight excluding hydrogens is 276 g/mol. The maximum atomic E-state index is 12.5. The summed E-state index contributed by atoms with van der Waals surface area (Å²) in [4.78, 5) is 19.9. The first-order valence-corrected chi connectivity index (χ1v) is 7.02. The molecule has 5 nitrogen and oxygen atoms in total.